The van der Waals surface area contributed by atoms with Crippen molar-refractivity contribution in [3.63, 3.8) is 0 Å². The Labute approximate surface area is 111 Å². The third kappa shape index (κ3) is 4.10. The minimum absolute atomic E-state index is 0.0201. The Kier molecular flexibility index (Phi) is 4.81. The highest BCUT2D eigenvalue weighted by Crippen LogP contribution is 2.29. The number of aromatic carboxylic acids is 1. The van der Waals surface area contributed by atoms with Crippen molar-refractivity contribution in [1.29, 1.82) is 0 Å². The van der Waals surface area contributed by atoms with E-state index in [1.54, 1.807) is 13.8 Å². The van der Waals surface area contributed by atoms with Crippen molar-refractivity contribution >= 4 is 17.7 Å². The molecular weight excluding hydrogens is 283 g/mol. The summed E-state index contributed by atoms with van der Waals surface area (Å²) in [5.74, 6) is -1.95. The Morgan fingerprint density at radius 1 is 1.47 bits per heavy atom. The highest BCUT2D eigenvalue weighted by atomic mass is 32.2. The van der Waals surface area contributed by atoms with Crippen molar-refractivity contribution < 1.29 is 28.2 Å². The molecule has 8 heteroatoms. The van der Waals surface area contributed by atoms with Gasteiger partial charge < -0.3 is 10.2 Å². The largest absolute Gasteiger partial charge is 0.478 e. The van der Waals surface area contributed by atoms with E-state index >= 15 is 0 Å². The van der Waals surface area contributed by atoms with Crippen LogP contribution in [0.1, 0.15) is 21.6 Å². The van der Waals surface area contributed by atoms with Crippen molar-refractivity contribution in [1.82, 2.24) is 4.98 Å². The van der Waals surface area contributed by atoms with Gasteiger partial charge in [-0.2, -0.15) is 13.2 Å². The van der Waals surface area contributed by atoms with E-state index in [1.807, 2.05) is 0 Å². The summed E-state index contributed by atoms with van der Waals surface area (Å²) in [7, 11) is 0. The lowest BCUT2D eigenvalue weighted by molar-refractivity contribution is -0.195. The Bertz CT molecular complexity index is 491. The molecule has 1 aromatic heterocycles. The fraction of sp³-hybridized carbons (Fsp3) is 0.455. The fourth-order valence-corrected chi connectivity index (χ4v) is 2.53. The number of rotatable bonds is 4. The normalized spacial score (nSPS) is 13.4. The lowest BCUT2D eigenvalue weighted by Crippen LogP contribution is -2.30. The van der Waals surface area contributed by atoms with Gasteiger partial charge in [-0.3, -0.25) is 0 Å². The number of hydrogen-bond donors (Lipinski definition) is 2. The van der Waals surface area contributed by atoms with E-state index in [-0.39, 0.29) is 10.6 Å². The number of aromatic nitrogens is 1. The molecule has 1 rings (SSSR count). The number of aliphatic hydroxyl groups excluding tert-OH is 1. The standard InChI is InChI=1S/C11H12F3NO3S/c1-5-3-6(2)15-9(8(5)10(17)18)19-4-7(16)11(12,13)14/h3,7,16H,4H2,1-2H3,(H,17,18). The van der Waals surface area contributed by atoms with Gasteiger partial charge in [0, 0.05) is 11.4 Å². The molecule has 19 heavy (non-hydrogen) atoms. The average Bonchev–Trinajstić information content (AvgIpc) is 2.22. The lowest BCUT2D eigenvalue weighted by atomic mass is 10.1. The van der Waals surface area contributed by atoms with Crippen LogP contribution in [0.15, 0.2) is 11.1 Å². The number of thioether (sulfide) groups is 1. The van der Waals surface area contributed by atoms with E-state index < -0.39 is 24.0 Å². The number of pyridine rings is 1. The molecule has 0 aliphatic heterocycles. The maximum Gasteiger partial charge on any atom is 0.415 e. The summed E-state index contributed by atoms with van der Waals surface area (Å²) >= 11 is 0.577. The molecule has 0 saturated heterocycles. The summed E-state index contributed by atoms with van der Waals surface area (Å²) < 4.78 is 36.5. The first-order valence-electron chi connectivity index (χ1n) is 5.22. The molecule has 0 fully saturated rings. The average molecular weight is 295 g/mol. The summed E-state index contributed by atoms with van der Waals surface area (Å²) in [4.78, 5) is 15.0. The molecule has 0 bridgehead atoms. The molecule has 0 aromatic carbocycles. The van der Waals surface area contributed by atoms with Crippen LogP contribution in [0.25, 0.3) is 0 Å². The molecule has 0 saturated carbocycles. The third-order valence-corrected chi connectivity index (χ3v) is 3.33. The maximum absolute atomic E-state index is 12.2. The molecule has 106 valence electrons. The zero-order valence-corrected chi connectivity index (χ0v) is 11.0. The Morgan fingerprint density at radius 3 is 2.53 bits per heavy atom. The minimum Gasteiger partial charge on any atom is -0.478 e. The number of aliphatic hydroxyl groups is 1. The molecule has 4 nitrogen and oxygen atoms in total. The van der Waals surface area contributed by atoms with Crippen LogP contribution in [0.3, 0.4) is 0 Å². The fourth-order valence-electron chi connectivity index (χ4n) is 1.42. The zero-order chi connectivity index (χ0) is 14.8. The van der Waals surface area contributed by atoms with Crippen LogP contribution in [0.2, 0.25) is 0 Å². The van der Waals surface area contributed by atoms with Crippen molar-refractivity contribution in [2.24, 2.45) is 0 Å². The van der Waals surface area contributed by atoms with Gasteiger partial charge in [0.2, 0.25) is 0 Å². The van der Waals surface area contributed by atoms with E-state index in [2.05, 4.69) is 4.98 Å². The van der Waals surface area contributed by atoms with Crippen molar-refractivity contribution in [2.75, 3.05) is 5.75 Å². The number of aryl methyl sites for hydroxylation is 2. The molecule has 0 spiro atoms. The molecular formula is C11H12F3NO3S. The second-order valence-corrected chi connectivity index (χ2v) is 4.94. The van der Waals surface area contributed by atoms with Gasteiger partial charge in [-0.25, -0.2) is 9.78 Å². The molecule has 1 aromatic rings. The lowest BCUT2D eigenvalue weighted by Gasteiger charge is -2.15. The van der Waals surface area contributed by atoms with Gasteiger partial charge in [0.25, 0.3) is 0 Å². The van der Waals surface area contributed by atoms with Gasteiger partial charge in [0.05, 0.1) is 5.56 Å². The van der Waals surface area contributed by atoms with Crippen molar-refractivity contribution in [3.8, 4) is 0 Å². The first kappa shape index (κ1) is 15.8. The second-order valence-electron chi connectivity index (χ2n) is 3.93. The van der Waals surface area contributed by atoms with Gasteiger partial charge in [-0.05, 0) is 25.5 Å². The highest BCUT2D eigenvalue weighted by Gasteiger charge is 2.38. The minimum atomic E-state index is -4.73. The maximum atomic E-state index is 12.2. The summed E-state index contributed by atoms with van der Waals surface area (Å²) in [6.45, 7) is 3.16. The van der Waals surface area contributed by atoms with Crippen LogP contribution in [0, 0.1) is 13.8 Å². The van der Waals surface area contributed by atoms with Crippen LogP contribution >= 0.6 is 11.8 Å². The number of halogens is 3. The van der Waals surface area contributed by atoms with Gasteiger partial charge in [-0.15, -0.1) is 11.8 Å². The van der Waals surface area contributed by atoms with Crippen LogP contribution in [0.5, 0.6) is 0 Å². The number of carbonyl (C=O) groups is 1. The van der Waals surface area contributed by atoms with Crippen molar-refractivity contribution in [3.05, 3.63) is 22.9 Å². The predicted molar refractivity (Wildman–Crippen MR) is 63.5 cm³/mol. The van der Waals surface area contributed by atoms with E-state index in [0.717, 1.165) is 0 Å². The molecule has 0 amide bonds. The molecule has 0 aliphatic rings. The summed E-state index contributed by atoms with van der Waals surface area (Å²) in [6, 6.07) is 1.54. The Hall–Kier alpha value is -1.28. The molecule has 0 radical (unpaired) electrons. The first-order chi connectivity index (χ1) is 8.62. The Morgan fingerprint density at radius 2 is 2.05 bits per heavy atom. The second kappa shape index (κ2) is 5.79. The number of nitrogens with zero attached hydrogens (tertiary/aromatic N) is 1. The summed E-state index contributed by atoms with van der Waals surface area (Å²) in [5.41, 5.74) is 0.792. The quantitative estimate of drug-likeness (QED) is 0.835. The number of hydrogen-bond acceptors (Lipinski definition) is 4. The first-order valence-corrected chi connectivity index (χ1v) is 6.20. The highest BCUT2D eigenvalue weighted by molar-refractivity contribution is 7.99. The van der Waals surface area contributed by atoms with Crippen LogP contribution in [-0.4, -0.2) is 39.2 Å². The predicted octanol–water partition coefficient (Wildman–Crippen LogP) is 2.41. The third-order valence-electron chi connectivity index (χ3n) is 2.28. The number of carboxylic acid groups (broad SMARTS) is 1. The number of alkyl halides is 3. The number of carboxylic acids is 1. The topological polar surface area (TPSA) is 70.4 Å². The molecule has 1 atom stereocenters. The summed E-state index contributed by atoms with van der Waals surface area (Å²) in [5, 5.41) is 17.9. The Balaban J connectivity index is 2.98. The van der Waals surface area contributed by atoms with E-state index in [0.29, 0.717) is 23.0 Å². The van der Waals surface area contributed by atoms with Gasteiger partial charge in [0.1, 0.15) is 5.03 Å². The molecule has 0 aliphatic carbocycles. The van der Waals surface area contributed by atoms with Crippen molar-refractivity contribution in [2.45, 2.75) is 31.2 Å². The van der Waals surface area contributed by atoms with Crippen LogP contribution < -0.4 is 0 Å². The van der Waals surface area contributed by atoms with Crippen LogP contribution in [-0.2, 0) is 0 Å². The molecule has 1 heterocycles. The van der Waals surface area contributed by atoms with Crippen LogP contribution in [0.4, 0.5) is 13.2 Å². The smallest absolute Gasteiger partial charge is 0.415 e. The van der Waals surface area contributed by atoms with E-state index in [9.17, 15) is 18.0 Å². The SMILES string of the molecule is Cc1cc(C)c(C(=O)O)c(SCC(O)C(F)(F)F)n1. The summed E-state index contributed by atoms with van der Waals surface area (Å²) in [6.07, 6.45) is -7.24. The van der Waals surface area contributed by atoms with Gasteiger partial charge in [-0.1, -0.05) is 0 Å². The van der Waals surface area contributed by atoms with Gasteiger partial charge in [0.15, 0.2) is 6.10 Å². The molecule has 2 N–H and O–H groups in total. The molecule has 1 unspecified atom stereocenters. The van der Waals surface area contributed by atoms with E-state index in [1.165, 1.54) is 6.07 Å². The van der Waals surface area contributed by atoms with E-state index in [4.69, 9.17) is 10.2 Å². The zero-order valence-electron chi connectivity index (χ0n) is 10.2. The monoisotopic (exact) mass is 295 g/mol. The van der Waals surface area contributed by atoms with Gasteiger partial charge >= 0.3 is 12.1 Å².